The summed E-state index contributed by atoms with van der Waals surface area (Å²) in [5, 5.41) is 0. The summed E-state index contributed by atoms with van der Waals surface area (Å²) >= 11 is 0. The molecule has 5 nitrogen and oxygen atoms in total. The average Bonchev–Trinajstić information content (AvgIpc) is 2.95. The van der Waals surface area contributed by atoms with E-state index in [2.05, 4.69) is 31.0 Å². The zero-order chi connectivity index (χ0) is 19.2. The number of hydrogen-bond donors (Lipinski definition) is 0. The van der Waals surface area contributed by atoms with Crippen LogP contribution < -0.4 is 0 Å². The van der Waals surface area contributed by atoms with Crippen LogP contribution >= 0.6 is 0 Å². The number of benzene rings is 1. The van der Waals surface area contributed by atoms with Gasteiger partial charge in [-0.1, -0.05) is 38.1 Å². The van der Waals surface area contributed by atoms with Crippen molar-refractivity contribution in [2.24, 2.45) is 0 Å². The fourth-order valence-corrected chi connectivity index (χ4v) is 3.35. The Balaban J connectivity index is 1.57. The highest BCUT2D eigenvalue weighted by molar-refractivity contribution is 5.94. The Bertz CT molecular complexity index is 772. The number of amides is 2. The Morgan fingerprint density at radius 1 is 0.926 bits per heavy atom. The molecule has 0 atom stereocenters. The van der Waals surface area contributed by atoms with Gasteiger partial charge in [0.2, 0.25) is 5.91 Å². The summed E-state index contributed by atoms with van der Waals surface area (Å²) in [6, 6.07) is 11.8. The molecule has 1 aromatic heterocycles. The van der Waals surface area contributed by atoms with Crippen LogP contribution in [0.1, 0.15) is 47.7 Å². The third-order valence-corrected chi connectivity index (χ3v) is 5.06. The van der Waals surface area contributed by atoms with E-state index in [1.807, 2.05) is 21.9 Å². The van der Waals surface area contributed by atoms with Gasteiger partial charge in [0.05, 0.1) is 6.42 Å². The Morgan fingerprint density at radius 3 is 2.22 bits per heavy atom. The SMILES string of the molecule is CC(C)c1ccc(CC(=O)N2CCCN(C(=O)c3ccncc3)CC2)cc1. The lowest BCUT2D eigenvalue weighted by Crippen LogP contribution is -2.38. The first-order valence-electron chi connectivity index (χ1n) is 9.60. The zero-order valence-electron chi connectivity index (χ0n) is 16.1. The van der Waals surface area contributed by atoms with Gasteiger partial charge < -0.3 is 9.80 Å². The van der Waals surface area contributed by atoms with E-state index >= 15 is 0 Å². The summed E-state index contributed by atoms with van der Waals surface area (Å²) in [5.41, 5.74) is 2.97. The van der Waals surface area contributed by atoms with Gasteiger partial charge in [-0.2, -0.15) is 0 Å². The van der Waals surface area contributed by atoms with Gasteiger partial charge in [0.1, 0.15) is 0 Å². The van der Waals surface area contributed by atoms with Crippen LogP contribution in [0.5, 0.6) is 0 Å². The maximum atomic E-state index is 12.7. The van der Waals surface area contributed by atoms with Crippen molar-refractivity contribution in [3.05, 3.63) is 65.5 Å². The molecule has 5 heteroatoms. The highest BCUT2D eigenvalue weighted by Gasteiger charge is 2.22. The lowest BCUT2D eigenvalue weighted by Gasteiger charge is -2.22. The molecule has 0 aliphatic carbocycles. The van der Waals surface area contributed by atoms with Gasteiger partial charge in [-0.15, -0.1) is 0 Å². The first kappa shape index (κ1) is 19.1. The summed E-state index contributed by atoms with van der Waals surface area (Å²) < 4.78 is 0. The van der Waals surface area contributed by atoms with Crippen LogP contribution in [0.4, 0.5) is 0 Å². The van der Waals surface area contributed by atoms with Crippen LogP contribution in [0.2, 0.25) is 0 Å². The minimum atomic E-state index is 0.0102. The van der Waals surface area contributed by atoms with Crippen molar-refractivity contribution in [3.63, 3.8) is 0 Å². The minimum Gasteiger partial charge on any atom is -0.341 e. The van der Waals surface area contributed by atoms with Crippen molar-refractivity contribution in [2.45, 2.75) is 32.6 Å². The Labute approximate surface area is 161 Å². The number of rotatable bonds is 4. The first-order chi connectivity index (χ1) is 13.0. The average molecular weight is 365 g/mol. The van der Waals surface area contributed by atoms with Crippen molar-refractivity contribution in [1.29, 1.82) is 0 Å². The van der Waals surface area contributed by atoms with Gasteiger partial charge >= 0.3 is 0 Å². The molecule has 3 rings (SSSR count). The number of pyridine rings is 1. The van der Waals surface area contributed by atoms with E-state index in [1.165, 1.54) is 5.56 Å². The summed E-state index contributed by atoms with van der Waals surface area (Å²) in [6.45, 7) is 6.85. The van der Waals surface area contributed by atoms with Crippen molar-refractivity contribution in [1.82, 2.24) is 14.8 Å². The van der Waals surface area contributed by atoms with E-state index in [4.69, 9.17) is 0 Å². The smallest absolute Gasteiger partial charge is 0.254 e. The molecule has 1 aromatic carbocycles. The Morgan fingerprint density at radius 2 is 1.56 bits per heavy atom. The molecule has 2 amide bonds. The Hall–Kier alpha value is -2.69. The van der Waals surface area contributed by atoms with E-state index in [9.17, 15) is 9.59 Å². The molecule has 27 heavy (non-hydrogen) atoms. The third kappa shape index (κ3) is 4.94. The number of aromatic nitrogens is 1. The van der Waals surface area contributed by atoms with Gasteiger partial charge in [0, 0.05) is 44.1 Å². The van der Waals surface area contributed by atoms with Gasteiger partial charge in [0.15, 0.2) is 0 Å². The second-order valence-corrected chi connectivity index (χ2v) is 7.34. The number of carbonyl (C=O) groups is 2. The van der Waals surface area contributed by atoms with Gasteiger partial charge in [-0.3, -0.25) is 14.6 Å². The molecule has 0 saturated carbocycles. The standard InChI is InChI=1S/C22H27N3O2/c1-17(2)19-6-4-18(5-7-19)16-21(26)24-12-3-13-25(15-14-24)22(27)20-8-10-23-11-9-20/h4-11,17H,3,12-16H2,1-2H3. The summed E-state index contributed by atoms with van der Waals surface area (Å²) in [7, 11) is 0. The van der Waals surface area contributed by atoms with Crippen LogP contribution in [0.15, 0.2) is 48.8 Å². The molecule has 2 heterocycles. The molecule has 1 saturated heterocycles. The predicted octanol–water partition coefficient (Wildman–Crippen LogP) is 3.12. The molecule has 0 radical (unpaired) electrons. The molecular formula is C22H27N3O2. The topological polar surface area (TPSA) is 53.5 Å². The minimum absolute atomic E-state index is 0.0102. The van der Waals surface area contributed by atoms with Crippen LogP contribution in [-0.2, 0) is 11.2 Å². The van der Waals surface area contributed by atoms with Crippen LogP contribution in [-0.4, -0.2) is 52.8 Å². The van der Waals surface area contributed by atoms with Crippen molar-refractivity contribution in [2.75, 3.05) is 26.2 Å². The van der Waals surface area contributed by atoms with E-state index in [1.54, 1.807) is 24.5 Å². The molecule has 0 bridgehead atoms. The number of carbonyl (C=O) groups excluding carboxylic acids is 2. The second kappa shape index (κ2) is 8.80. The summed E-state index contributed by atoms with van der Waals surface area (Å²) in [5.74, 6) is 0.630. The third-order valence-electron chi connectivity index (χ3n) is 5.06. The van der Waals surface area contributed by atoms with E-state index in [0.29, 0.717) is 44.1 Å². The van der Waals surface area contributed by atoms with Crippen molar-refractivity contribution >= 4 is 11.8 Å². The highest BCUT2D eigenvalue weighted by Crippen LogP contribution is 2.16. The first-order valence-corrected chi connectivity index (χ1v) is 9.60. The number of hydrogen-bond acceptors (Lipinski definition) is 3. The predicted molar refractivity (Wildman–Crippen MR) is 106 cm³/mol. The van der Waals surface area contributed by atoms with Crippen LogP contribution in [0.25, 0.3) is 0 Å². The van der Waals surface area contributed by atoms with Crippen LogP contribution in [0.3, 0.4) is 0 Å². The highest BCUT2D eigenvalue weighted by atomic mass is 16.2. The van der Waals surface area contributed by atoms with Crippen molar-refractivity contribution < 1.29 is 9.59 Å². The van der Waals surface area contributed by atoms with Gasteiger partial charge in [0.25, 0.3) is 5.91 Å². The number of nitrogens with zero attached hydrogens (tertiary/aromatic N) is 3. The fourth-order valence-electron chi connectivity index (χ4n) is 3.35. The normalized spacial score (nSPS) is 14.9. The van der Waals surface area contributed by atoms with E-state index in [0.717, 1.165) is 12.0 Å². The second-order valence-electron chi connectivity index (χ2n) is 7.34. The van der Waals surface area contributed by atoms with Crippen LogP contribution in [0, 0.1) is 0 Å². The van der Waals surface area contributed by atoms with Crippen molar-refractivity contribution in [3.8, 4) is 0 Å². The van der Waals surface area contributed by atoms with E-state index < -0.39 is 0 Å². The lowest BCUT2D eigenvalue weighted by atomic mass is 10.0. The van der Waals surface area contributed by atoms with Gasteiger partial charge in [-0.05, 0) is 35.6 Å². The maximum absolute atomic E-state index is 12.7. The molecule has 2 aromatic rings. The molecular weight excluding hydrogens is 338 g/mol. The zero-order valence-corrected chi connectivity index (χ0v) is 16.1. The molecule has 1 aliphatic heterocycles. The molecule has 0 N–H and O–H groups in total. The monoisotopic (exact) mass is 365 g/mol. The Kier molecular flexibility index (Phi) is 6.22. The molecule has 142 valence electrons. The fraction of sp³-hybridized carbons (Fsp3) is 0.409. The maximum Gasteiger partial charge on any atom is 0.254 e. The van der Waals surface area contributed by atoms with E-state index in [-0.39, 0.29) is 11.8 Å². The molecule has 1 aliphatic rings. The largest absolute Gasteiger partial charge is 0.341 e. The lowest BCUT2D eigenvalue weighted by molar-refractivity contribution is -0.130. The molecule has 1 fully saturated rings. The quantitative estimate of drug-likeness (QED) is 0.836. The summed E-state index contributed by atoms with van der Waals surface area (Å²) in [4.78, 5) is 33.0. The summed E-state index contributed by atoms with van der Waals surface area (Å²) in [6.07, 6.45) is 4.47. The van der Waals surface area contributed by atoms with Gasteiger partial charge in [-0.25, -0.2) is 0 Å². The molecule has 0 unspecified atom stereocenters. The molecule has 0 spiro atoms.